The Labute approximate surface area is 142 Å². The molecule has 2 aliphatic rings. The van der Waals surface area contributed by atoms with Crippen LogP contribution in [0.4, 0.5) is 10.2 Å². The number of morpholine rings is 1. The molecule has 1 aliphatic heterocycles. The highest BCUT2D eigenvalue weighted by atomic mass is 19.1. The fourth-order valence-electron chi connectivity index (χ4n) is 3.72. The Kier molecular flexibility index (Phi) is 5.63. The zero-order chi connectivity index (χ0) is 17.0. The molecular formula is C17H27FN4O2. The molecule has 1 aliphatic carbocycles. The molecule has 0 bridgehead atoms. The van der Waals surface area contributed by atoms with Crippen LogP contribution in [0.2, 0.25) is 0 Å². The van der Waals surface area contributed by atoms with E-state index < -0.39 is 0 Å². The van der Waals surface area contributed by atoms with Crippen LogP contribution in [0, 0.1) is 5.82 Å². The topological polar surface area (TPSA) is 59.5 Å². The molecule has 2 heterocycles. The van der Waals surface area contributed by atoms with E-state index in [0.29, 0.717) is 30.6 Å². The molecule has 0 aromatic carbocycles. The lowest BCUT2D eigenvalue weighted by Crippen LogP contribution is -2.65. The molecule has 0 amide bonds. The first-order chi connectivity index (χ1) is 11.7. The van der Waals surface area contributed by atoms with Crippen molar-refractivity contribution in [3.63, 3.8) is 0 Å². The highest BCUT2D eigenvalue weighted by Gasteiger charge is 2.49. The summed E-state index contributed by atoms with van der Waals surface area (Å²) in [6.45, 7) is 8.63. The second-order valence-corrected chi connectivity index (χ2v) is 6.50. The number of aryl methyl sites for hydroxylation is 1. The van der Waals surface area contributed by atoms with Crippen LogP contribution >= 0.6 is 0 Å². The number of aromatic nitrogens is 2. The lowest BCUT2D eigenvalue weighted by Gasteiger charge is -2.55. The van der Waals surface area contributed by atoms with E-state index in [9.17, 15) is 4.39 Å². The highest BCUT2D eigenvalue weighted by molar-refractivity contribution is 5.38. The van der Waals surface area contributed by atoms with Gasteiger partial charge in [0.2, 0.25) is 0 Å². The average molecular weight is 338 g/mol. The van der Waals surface area contributed by atoms with Crippen molar-refractivity contribution in [3.05, 3.63) is 17.8 Å². The van der Waals surface area contributed by atoms with Gasteiger partial charge in [0.15, 0.2) is 11.6 Å². The van der Waals surface area contributed by atoms with E-state index in [2.05, 4.69) is 20.2 Å². The Bertz CT molecular complexity index is 545. The molecule has 24 heavy (non-hydrogen) atoms. The van der Waals surface area contributed by atoms with Crippen LogP contribution in [0.1, 0.15) is 32.4 Å². The van der Waals surface area contributed by atoms with Crippen LogP contribution in [0.25, 0.3) is 0 Å². The van der Waals surface area contributed by atoms with Gasteiger partial charge in [-0.1, -0.05) is 6.92 Å². The van der Waals surface area contributed by atoms with Crippen molar-refractivity contribution < 1.29 is 13.9 Å². The summed E-state index contributed by atoms with van der Waals surface area (Å²) in [4.78, 5) is 10.5. The normalized spacial score (nSPS) is 27.7. The molecule has 1 N–H and O–H groups in total. The van der Waals surface area contributed by atoms with Gasteiger partial charge in [0.25, 0.3) is 0 Å². The Morgan fingerprint density at radius 3 is 2.75 bits per heavy atom. The smallest absolute Gasteiger partial charge is 0.186 e. The maximum Gasteiger partial charge on any atom is 0.186 e. The van der Waals surface area contributed by atoms with Crippen LogP contribution in [-0.2, 0) is 15.9 Å². The maximum atomic E-state index is 14.4. The largest absolute Gasteiger partial charge is 0.379 e. The third-order valence-electron chi connectivity index (χ3n) is 5.08. The summed E-state index contributed by atoms with van der Waals surface area (Å²) in [5, 5.41) is 3.23. The summed E-state index contributed by atoms with van der Waals surface area (Å²) in [5.41, 5.74) is 0.446. The molecule has 2 fully saturated rings. The molecule has 0 radical (unpaired) electrons. The van der Waals surface area contributed by atoms with E-state index >= 15 is 0 Å². The van der Waals surface area contributed by atoms with Crippen LogP contribution in [0.3, 0.4) is 0 Å². The van der Waals surface area contributed by atoms with Crippen LogP contribution in [0.15, 0.2) is 6.33 Å². The van der Waals surface area contributed by atoms with E-state index in [4.69, 9.17) is 9.47 Å². The zero-order valence-electron chi connectivity index (χ0n) is 14.6. The summed E-state index contributed by atoms with van der Waals surface area (Å²) in [6.07, 6.45) is 4.20. The zero-order valence-corrected chi connectivity index (χ0v) is 14.6. The predicted molar refractivity (Wildman–Crippen MR) is 89.6 cm³/mol. The second kappa shape index (κ2) is 7.72. The molecular weight excluding hydrogens is 311 g/mol. The monoisotopic (exact) mass is 338 g/mol. The Morgan fingerprint density at radius 2 is 2.08 bits per heavy atom. The number of hydrogen-bond acceptors (Lipinski definition) is 6. The Balaban J connectivity index is 1.69. The number of rotatable bonds is 7. The number of halogens is 1. The van der Waals surface area contributed by atoms with Crippen molar-refractivity contribution in [2.45, 2.75) is 44.8 Å². The van der Waals surface area contributed by atoms with E-state index in [-0.39, 0.29) is 11.4 Å². The number of nitrogens with one attached hydrogen (secondary N) is 1. The van der Waals surface area contributed by atoms with Crippen LogP contribution < -0.4 is 5.32 Å². The highest BCUT2D eigenvalue weighted by Crippen LogP contribution is 2.40. The third-order valence-corrected chi connectivity index (χ3v) is 5.08. The fraction of sp³-hybridized carbons (Fsp3) is 0.765. The maximum absolute atomic E-state index is 14.4. The molecule has 1 saturated carbocycles. The molecule has 1 saturated heterocycles. The van der Waals surface area contributed by atoms with Crippen molar-refractivity contribution in [1.82, 2.24) is 14.9 Å². The number of ether oxygens (including phenoxy) is 2. The summed E-state index contributed by atoms with van der Waals surface area (Å²) >= 11 is 0. The molecule has 0 spiro atoms. The minimum Gasteiger partial charge on any atom is -0.379 e. The molecule has 0 unspecified atom stereocenters. The SMILES string of the molecule is CCOC1CC(CNc2ncnc(CC)c2F)(N2CCOCC2)C1. The number of nitrogens with zero attached hydrogens (tertiary/aromatic N) is 3. The first-order valence-electron chi connectivity index (χ1n) is 8.86. The van der Waals surface area contributed by atoms with Gasteiger partial charge in [0.05, 0.1) is 25.0 Å². The molecule has 3 rings (SSSR count). The van der Waals surface area contributed by atoms with E-state index in [0.717, 1.165) is 45.8 Å². The van der Waals surface area contributed by atoms with Gasteiger partial charge in [0, 0.05) is 31.8 Å². The fourth-order valence-corrected chi connectivity index (χ4v) is 3.72. The van der Waals surface area contributed by atoms with Crippen molar-refractivity contribution >= 4 is 5.82 Å². The van der Waals surface area contributed by atoms with Crippen molar-refractivity contribution in [2.75, 3.05) is 44.8 Å². The molecule has 7 heteroatoms. The van der Waals surface area contributed by atoms with Gasteiger partial charge >= 0.3 is 0 Å². The molecule has 134 valence electrons. The predicted octanol–water partition coefficient (Wildman–Crippen LogP) is 1.86. The second-order valence-electron chi connectivity index (χ2n) is 6.50. The first-order valence-corrected chi connectivity index (χ1v) is 8.86. The quantitative estimate of drug-likeness (QED) is 0.819. The minimum atomic E-state index is -0.335. The molecule has 0 atom stereocenters. The third kappa shape index (κ3) is 3.53. The summed E-state index contributed by atoms with van der Waals surface area (Å²) < 4.78 is 25.6. The Hall–Kier alpha value is -1.31. The first kappa shape index (κ1) is 17.5. The molecule has 1 aromatic rings. The van der Waals surface area contributed by atoms with Gasteiger partial charge < -0.3 is 14.8 Å². The van der Waals surface area contributed by atoms with Crippen LogP contribution in [-0.4, -0.2) is 66.0 Å². The lowest BCUT2D eigenvalue weighted by atomic mass is 9.72. The van der Waals surface area contributed by atoms with Crippen molar-refractivity contribution in [3.8, 4) is 0 Å². The lowest BCUT2D eigenvalue weighted by molar-refractivity contribution is -0.121. The Morgan fingerprint density at radius 1 is 1.33 bits per heavy atom. The number of anilines is 1. The standard InChI is InChI=1S/C17H27FN4O2/c1-3-14-15(18)16(21-12-20-14)19-11-17(9-13(10-17)24-4-2)22-5-7-23-8-6-22/h12-13H,3-11H2,1-2H3,(H,19,20,21). The summed E-state index contributed by atoms with van der Waals surface area (Å²) in [7, 11) is 0. The van der Waals surface area contributed by atoms with Gasteiger partial charge in [-0.2, -0.15) is 0 Å². The van der Waals surface area contributed by atoms with Crippen molar-refractivity contribution in [2.24, 2.45) is 0 Å². The van der Waals surface area contributed by atoms with E-state index in [1.807, 2.05) is 13.8 Å². The van der Waals surface area contributed by atoms with Gasteiger partial charge in [-0.15, -0.1) is 0 Å². The minimum absolute atomic E-state index is 0.00656. The van der Waals surface area contributed by atoms with Gasteiger partial charge in [-0.25, -0.2) is 14.4 Å². The van der Waals surface area contributed by atoms with E-state index in [1.165, 1.54) is 6.33 Å². The van der Waals surface area contributed by atoms with E-state index in [1.54, 1.807) is 0 Å². The summed E-state index contributed by atoms with van der Waals surface area (Å²) in [6, 6.07) is 0. The van der Waals surface area contributed by atoms with Gasteiger partial charge in [0.1, 0.15) is 6.33 Å². The number of hydrogen-bond donors (Lipinski definition) is 1. The molecule has 1 aromatic heterocycles. The van der Waals surface area contributed by atoms with Gasteiger partial charge in [-0.3, -0.25) is 4.90 Å². The van der Waals surface area contributed by atoms with Crippen molar-refractivity contribution in [1.29, 1.82) is 0 Å². The summed E-state index contributed by atoms with van der Waals surface area (Å²) in [5.74, 6) is -0.0350. The van der Waals surface area contributed by atoms with Gasteiger partial charge in [-0.05, 0) is 26.2 Å². The van der Waals surface area contributed by atoms with Crippen LogP contribution in [0.5, 0.6) is 0 Å². The average Bonchev–Trinajstić information content (AvgIpc) is 2.58. The molecule has 6 nitrogen and oxygen atoms in total.